The van der Waals surface area contributed by atoms with Crippen LogP contribution in [0.1, 0.15) is 41.0 Å². The van der Waals surface area contributed by atoms with Gasteiger partial charge in [0.2, 0.25) is 0 Å². The molecule has 1 heterocycles. The fraction of sp³-hybridized carbons (Fsp3) is 0.214. The van der Waals surface area contributed by atoms with Gasteiger partial charge >= 0.3 is 12.1 Å². The highest BCUT2D eigenvalue weighted by Crippen LogP contribution is 2.45. The number of fused-ring (bicyclic) bond motifs is 5. The van der Waals surface area contributed by atoms with Crippen LogP contribution in [0.2, 0.25) is 0 Å². The van der Waals surface area contributed by atoms with Gasteiger partial charge in [0.15, 0.2) is 0 Å². The Bertz CT molecular complexity index is 1280. The highest BCUT2D eigenvalue weighted by Gasteiger charge is 2.41. The molecule has 0 saturated heterocycles. The van der Waals surface area contributed by atoms with Gasteiger partial charge in [-0.05, 0) is 51.8 Å². The van der Waals surface area contributed by atoms with Crippen LogP contribution in [0.25, 0.3) is 16.7 Å². The molecule has 0 aromatic heterocycles. The quantitative estimate of drug-likeness (QED) is 0.592. The molecule has 0 spiro atoms. The second-order valence-corrected chi connectivity index (χ2v) is 8.83. The first-order chi connectivity index (χ1) is 16.1. The van der Waals surface area contributed by atoms with Gasteiger partial charge in [0, 0.05) is 18.0 Å². The summed E-state index contributed by atoms with van der Waals surface area (Å²) in [6.07, 6.45) is 1.01. The van der Waals surface area contributed by atoms with Crippen LogP contribution in [0.3, 0.4) is 0 Å². The molecule has 5 heteroatoms. The van der Waals surface area contributed by atoms with E-state index in [1.165, 1.54) is 4.90 Å². The Morgan fingerprint density at radius 1 is 0.879 bits per heavy atom. The van der Waals surface area contributed by atoms with Gasteiger partial charge in [-0.1, -0.05) is 72.8 Å². The van der Waals surface area contributed by atoms with Gasteiger partial charge in [0.25, 0.3) is 0 Å². The lowest BCUT2D eigenvalue weighted by Gasteiger charge is -2.34. The number of amides is 1. The van der Waals surface area contributed by atoms with E-state index >= 15 is 0 Å². The number of ether oxygens (including phenoxy) is 1. The van der Waals surface area contributed by atoms with Crippen molar-refractivity contribution < 1.29 is 19.4 Å². The molecule has 33 heavy (non-hydrogen) atoms. The Kier molecular flexibility index (Phi) is 4.57. The van der Waals surface area contributed by atoms with Crippen molar-refractivity contribution in [1.82, 2.24) is 4.90 Å². The molecule has 164 valence electrons. The summed E-state index contributed by atoms with van der Waals surface area (Å²) >= 11 is 0. The van der Waals surface area contributed by atoms with Gasteiger partial charge in [0.05, 0.1) is 0 Å². The minimum atomic E-state index is -0.994. The zero-order valence-electron chi connectivity index (χ0n) is 18.0. The molecule has 2 aliphatic carbocycles. The minimum absolute atomic E-state index is 0.0661. The summed E-state index contributed by atoms with van der Waals surface area (Å²) in [5.74, 6) is -1.06. The van der Waals surface area contributed by atoms with E-state index < -0.39 is 18.1 Å². The molecule has 3 aliphatic rings. The Balaban J connectivity index is 1.30. The van der Waals surface area contributed by atoms with Crippen LogP contribution < -0.4 is 0 Å². The van der Waals surface area contributed by atoms with Crippen molar-refractivity contribution >= 4 is 17.6 Å². The summed E-state index contributed by atoms with van der Waals surface area (Å²) in [6, 6.07) is 23.5. The molecule has 1 N–H and O–H groups in total. The molecule has 6 rings (SSSR count). The van der Waals surface area contributed by atoms with Gasteiger partial charge < -0.3 is 9.84 Å². The average molecular weight is 437 g/mol. The van der Waals surface area contributed by atoms with Crippen molar-refractivity contribution in [2.45, 2.75) is 31.2 Å². The summed E-state index contributed by atoms with van der Waals surface area (Å²) in [7, 11) is 0. The number of allylic oxidation sites excluding steroid dienone is 2. The van der Waals surface area contributed by atoms with Crippen molar-refractivity contribution in [3.63, 3.8) is 0 Å². The Labute approximate surface area is 191 Å². The maximum Gasteiger partial charge on any atom is 0.414 e. The normalized spacial score (nSPS) is 18.4. The number of hydrogen-bond donors (Lipinski definition) is 1. The lowest BCUT2D eigenvalue weighted by molar-refractivity contribution is -0.142. The number of carboxylic acid groups (broad SMARTS) is 1. The second kappa shape index (κ2) is 7.62. The molecule has 0 unspecified atom stereocenters. The molecule has 3 aromatic rings. The molecule has 5 nitrogen and oxygen atoms in total. The van der Waals surface area contributed by atoms with Crippen LogP contribution in [0.5, 0.6) is 0 Å². The van der Waals surface area contributed by atoms with Gasteiger partial charge in [-0.3, -0.25) is 4.90 Å². The van der Waals surface area contributed by atoms with Gasteiger partial charge in [0.1, 0.15) is 12.6 Å². The summed E-state index contributed by atoms with van der Waals surface area (Å²) in [5, 5.41) is 9.86. The number of benzene rings is 3. The molecule has 3 aromatic carbocycles. The number of carbonyl (C=O) groups is 2. The molecule has 0 bridgehead atoms. The fourth-order valence-electron chi connectivity index (χ4n) is 5.65. The largest absolute Gasteiger partial charge is 0.480 e. The first-order valence-electron chi connectivity index (χ1n) is 11.3. The fourth-order valence-corrected chi connectivity index (χ4v) is 5.65. The van der Waals surface area contributed by atoms with Gasteiger partial charge in [-0.15, -0.1) is 0 Å². The van der Waals surface area contributed by atoms with E-state index in [-0.39, 0.29) is 12.5 Å². The lowest BCUT2D eigenvalue weighted by atomic mass is 9.95. The zero-order chi connectivity index (χ0) is 22.5. The molecule has 1 aliphatic heterocycles. The number of hydrogen-bond acceptors (Lipinski definition) is 3. The first kappa shape index (κ1) is 19.8. The van der Waals surface area contributed by atoms with E-state index in [0.29, 0.717) is 19.3 Å². The number of carboxylic acids is 1. The van der Waals surface area contributed by atoms with E-state index in [1.807, 2.05) is 42.5 Å². The molecule has 0 saturated carbocycles. The third kappa shape index (κ3) is 3.07. The van der Waals surface area contributed by atoms with Crippen LogP contribution in [0.15, 0.2) is 78.5 Å². The van der Waals surface area contributed by atoms with E-state index in [1.54, 1.807) is 0 Å². The van der Waals surface area contributed by atoms with Crippen LogP contribution >= 0.6 is 0 Å². The van der Waals surface area contributed by atoms with Crippen LogP contribution in [-0.4, -0.2) is 34.7 Å². The van der Waals surface area contributed by atoms with Gasteiger partial charge in [-0.2, -0.15) is 0 Å². The van der Waals surface area contributed by atoms with E-state index in [4.69, 9.17) is 4.74 Å². The van der Waals surface area contributed by atoms with Crippen molar-refractivity contribution in [3.8, 4) is 11.1 Å². The first-order valence-corrected chi connectivity index (χ1v) is 11.3. The highest BCUT2D eigenvalue weighted by atomic mass is 16.6. The molecule has 0 radical (unpaired) electrons. The molecule has 1 amide bonds. The van der Waals surface area contributed by atoms with Crippen LogP contribution in [-0.2, 0) is 16.0 Å². The Morgan fingerprint density at radius 2 is 1.48 bits per heavy atom. The maximum absolute atomic E-state index is 13.4. The predicted octanol–water partition coefficient (Wildman–Crippen LogP) is 5.45. The molecule has 0 fully saturated rings. The standard InChI is InChI=1S/C28H23NO4/c30-27(31)25-14-13-23-18-8-2-1-7-17(18)15-26(23)29(25)28(32)33-16-24-21-11-5-3-9-19(21)20-10-4-6-12-22(20)24/h1-12,24-25H,13-16H2,(H,30,31)/t25-/m1/s1. The van der Waals surface area contributed by atoms with E-state index in [2.05, 4.69) is 30.3 Å². The van der Waals surface area contributed by atoms with Crippen molar-refractivity contribution in [2.24, 2.45) is 0 Å². The maximum atomic E-state index is 13.4. The van der Waals surface area contributed by atoms with Crippen molar-refractivity contribution in [3.05, 3.63) is 101 Å². The summed E-state index contributed by atoms with van der Waals surface area (Å²) in [6.45, 7) is 0.172. The van der Waals surface area contributed by atoms with Crippen LogP contribution in [0.4, 0.5) is 4.79 Å². The molecular weight excluding hydrogens is 414 g/mol. The number of rotatable bonds is 3. The van der Waals surface area contributed by atoms with E-state index in [9.17, 15) is 14.7 Å². The minimum Gasteiger partial charge on any atom is -0.480 e. The number of aliphatic carboxylic acids is 1. The van der Waals surface area contributed by atoms with Crippen LogP contribution in [0, 0.1) is 0 Å². The third-order valence-corrected chi connectivity index (χ3v) is 7.14. The zero-order valence-corrected chi connectivity index (χ0v) is 18.0. The van der Waals surface area contributed by atoms with Gasteiger partial charge in [-0.25, -0.2) is 9.59 Å². The lowest BCUT2D eigenvalue weighted by Crippen LogP contribution is -2.47. The second-order valence-electron chi connectivity index (χ2n) is 8.83. The predicted molar refractivity (Wildman–Crippen MR) is 125 cm³/mol. The molecular formula is C28H23NO4. The summed E-state index contributed by atoms with van der Waals surface area (Å²) in [4.78, 5) is 26.8. The topological polar surface area (TPSA) is 66.8 Å². The Hall–Kier alpha value is -3.86. The Morgan fingerprint density at radius 3 is 2.15 bits per heavy atom. The third-order valence-electron chi connectivity index (χ3n) is 7.14. The average Bonchev–Trinajstić information content (AvgIpc) is 3.37. The van der Waals surface area contributed by atoms with Crippen molar-refractivity contribution in [2.75, 3.05) is 6.61 Å². The van der Waals surface area contributed by atoms with Crippen molar-refractivity contribution in [1.29, 1.82) is 0 Å². The number of carbonyl (C=O) groups excluding carboxylic acids is 1. The SMILES string of the molecule is O=C(O)[C@H]1CCC2=C(Cc3ccccc32)N1C(=O)OCC1c2ccccc2-c2ccccc21. The number of nitrogens with zero attached hydrogens (tertiary/aromatic N) is 1. The smallest absolute Gasteiger partial charge is 0.414 e. The molecule has 1 atom stereocenters. The monoisotopic (exact) mass is 437 g/mol. The summed E-state index contributed by atoms with van der Waals surface area (Å²) < 4.78 is 5.86. The van der Waals surface area contributed by atoms with E-state index in [0.717, 1.165) is 44.7 Å². The summed E-state index contributed by atoms with van der Waals surface area (Å²) in [5.41, 5.74) is 8.67. The highest BCUT2D eigenvalue weighted by molar-refractivity contribution is 5.88.